The number of ether oxygens (including phenoxy) is 1. The van der Waals surface area contributed by atoms with Crippen LogP contribution in [0, 0.1) is 5.92 Å². The molecule has 2 nitrogen and oxygen atoms in total. The summed E-state index contributed by atoms with van der Waals surface area (Å²) in [6.45, 7) is 6.62. The van der Waals surface area contributed by atoms with E-state index in [-0.39, 0.29) is 5.60 Å². The first-order chi connectivity index (χ1) is 5.14. The topological polar surface area (TPSA) is 12.5 Å². The molecule has 2 aliphatic rings. The van der Waals surface area contributed by atoms with Crippen LogP contribution in [0.25, 0.3) is 0 Å². The fourth-order valence-corrected chi connectivity index (χ4v) is 2.31. The molecular weight excluding hydrogens is 138 g/mol. The number of hydrogen-bond donors (Lipinski definition) is 0. The highest BCUT2D eigenvalue weighted by Crippen LogP contribution is 2.41. The van der Waals surface area contributed by atoms with Gasteiger partial charge < -0.3 is 4.74 Å². The number of hydrogen-bond acceptors (Lipinski definition) is 2. The van der Waals surface area contributed by atoms with Crippen LogP contribution in [0.15, 0.2) is 0 Å². The highest BCUT2D eigenvalue weighted by atomic mass is 16.5. The number of nitrogens with zero attached hydrogens (tertiary/aromatic N) is 1. The molecule has 0 radical (unpaired) electrons. The second-order valence-electron chi connectivity index (χ2n) is 4.30. The second-order valence-corrected chi connectivity index (χ2v) is 4.30. The standard InChI is InChI=1S/C9H17NO/c1-7(2)9-4-8(5-11-9)10(3)6-9/h7-8H,4-6H2,1-3H3/t8-,9-/m0/s1. The van der Waals surface area contributed by atoms with Crippen molar-refractivity contribution in [3.63, 3.8) is 0 Å². The van der Waals surface area contributed by atoms with Crippen molar-refractivity contribution in [2.24, 2.45) is 5.92 Å². The molecule has 2 atom stereocenters. The number of morpholine rings is 1. The molecule has 0 N–H and O–H groups in total. The Morgan fingerprint density at radius 1 is 1.55 bits per heavy atom. The van der Waals surface area contributed by atoms with Gasteiger partial charge in [-0.05, 0) is 19.4 Å². The third-order valence-corrected chi connectivity index (χ3v) is 3.34. The summed E-state index contributed by atoms with van der Waals surface area (Å²) in [6.07, 6.45) is 1.25. The van der Waals surface area contributed by atoms with Crippen molar-refractivity contribution in [3.8, 4) is 0 Å². The zero-order chi connectivity index (χ0) is 8.06. The van der Waals surface area contributed by atoms with E-state index in [0.29, 0.717) is 12.0 Å². The van der Waals surface area contributed by atoms with E-state index in [2.05, 4.69) is 25.8 Å². The third kappa shape index (κ3) is 0.926. The first-order valence-corrected chi connectivity index (χ1v) is 4.48. The zero-order valence-electron chi connectivity index (χ0n) is 7.63. The smallest absolute Gasteiger partial charge is 0.0848 e. The molecule has 0 aromatic heterocycles. The minimum absolute atomic E-state index is 0.208. The fraction of sp³-hybridized carbons (Fsp3) is 1.00. The van der Waals surface area contributed by atoms with Crippen LogP contribution in [0.1, 0.15) is 20.3 Å². The maximum atomic E-state index is 5.83. The number of fused-ring (bicyclic) bond motifs is 2. The molecule has 2 heterocycles. The Balaban J connectivity index is 2.17. The molecule has 2 bridgehead atoms. The summed E-state index contributed by atoms with van der Waals surface area (Å²) in [5.74, 6) is 0.664. The van der Waals surface area contributed by atoms with Gasteiger partial charge in [0.05, 0.1) is 12.2 Å². The van der Waals surface area contributed by atoms with Crippen LogP contribution in [-0.4, -0.2) is 36.7 Å². The van der Waals surface area contributed by atoms with Crippen LogP contribution in [0.5, 0.6) is 0 Å². The van der Waals surface area contributed by atoms with Gasteiger partial charge in [-0.3, -0.25) is 4.90 Å². The van der Waals surface area contributed by atoms with Crippen LogP contribution in [0.2, 0.25) is 0 Å². The molecule has 0 spiro atoms. The monoisotopic (exact) mass is 155 g/mol. The van der Waals surface area contributed by atoms with E-state index in [1.54, 1.807) is 0 Å². The first-order valence-electron chi connectivity index (χ1n) is 4.48. The summed E-state index contributed by atoms with van der Waals surface area (Å²) < 4.78 is 5.83. The number of likely N-dealkylation sites (N-methyl/N-ethyl adjacent to an activating group) is 1. The molecule has 0 unspecified atom stereocenters. The maximum Gasteiger partial charge on any atom is 0.0848 e. The fourth-order valence-electron chi connectivity index (χ4n) is 2.31. The van der Waals surface area contributed by atoms with Crippen molar-refractivity contribution in [2.75, 3.05) is 20.2 Å². The van der Waals surface area contributed by atoms with E-state index in [4.69, 9.17) is 4.74 Å². The van der Waals surface area contributed by atoms with Crippen LogP contribution >= 0.6 is 0 Å². The molecule has 0 aliphatic carbocycles. The van der Waals surface area contributed by atoms with Gasteiger partial charge in [-0.2, -0.15) is 0 Å². The van der Waals surface area contributed by atoms with Crippen LogP contribution in [0.3, 0.4) is 0 Å². The van der Waals surface area contributed by atoms with Gasteiger partial charge in [0, 0.05) is 12.6 Å². The Morgan fingerprint density at radius 2 is 2.27 bits per heavy atom. The van der Waals surface area contributed by atoms with Crippen LogP contribution in [0.4, 0.5) is 0 Å². The van der Waals surface area contributed by atoms with Crippen molar-refractivity contribution in [1.82, 2.24) is 4.90 Å². The lowest BCUT2D eigenvalue weighted by atomic mass is 9.90. The Morgan fingerprint density at radius 3 is 2.55 bits per heavy atom. The molecule has 2 heteroatoms. The molecule has 64 valence electrons. The van der Waals surface area contributed by atoms with Gasteiger partial charge in [-0.15, -0.1) is 0 Å². The first kappa shape index (κ1) is 7.56. The average Bonchev–Trinajstić information content (AvgIpc) is 2.44. The lowest BCUT2D eigenvalue weighted by Crippen LogP contribution is -2.43. The van der Waals surface area contributed by atoms with E-state index in [9.17, 15) is 0 Å². The summed E-state index contributed by atoms with van der Waals surface area (Å²) in [6, 6.07) is 0.706. The number of likely N-dealkylation sites (tertiary alicyclic amines) is 1. The highest BCUT2D eigenvalue weighted by molar-refractivity contribution is 5.03. The van der Waals surface area contributed by atoms with Crippen LogP contribution < -0.4 is 0 Å². The predicted octanol–water partition coefficient (Wildman–Crippen LogP) is 1.12. The van der Waals surface area contributed by atoms with Crippen molar-refractivity contribution in [2.45, 2.75) is 31.9 Å². The molecule has 0 amide bonds. The predicted molar refractivity (Wildman–Crippen MR) is 44.6 cm³/mol. The van der Waals surface area contributed by atoms with Gasteiger partial charge >= 0.3 is 0 Å². The Labute approximate surface area is 68.5 Å². The molecule has 2 saturated heterocycles. The largest absolute Gasteiger partial charge is 0.372 e. The minimum Gasteiger partial charge on any atom is -0.372 e. The van der Waals surface area contributed by atoms with Gasteiger partial charge in [0.25, 0.3) is 0 Å². The van der Waals surface area contributed by atoms with Gasteiger partial charge in [-0.25, -0.2) is 0 Å². The molecule has 2 fully saturated rings. The van der Waals surface area contributed by atoms with Crippen molar-refractivity contribution >= 4 is 0 Å². The third-order valence-electron chi connectivity index (χ3n) is 3.34. The molecule has 11 heavy (non-hydrogen) atoms. The maximum absolute atomic E-state index is 5.83. The van der Waals surface area contributed by atoms with Gasteiger partial charge in [-0.1, -0.05) is 13.8 Å². The Bertz CT molecular complexity index is 165. The quantitative estimate of drug-likeness (QED) is 0.562. The SMILES string of the molecule is CC(C)[C@@]12C[C@@H](CO1)N(C)C2. The molecule has 2 rings (SSSR count). The lowest BCUT2D eigenvalue weighted by molar-refractivity contribution is -0.0664. The second kappa shape index (κ2) is 2.20. The summed E-state index contributed by atoms with van der Waals surface area (Å²) in [4.78, 5) is 2.43. The normalized spacial score (nSPS) is 44.2. The van der Waals surface area contributed by atoms with Gasteiger partial charge in [0.2, 0.25) is 0 Å². The summed E-state index contributed by atoms with van der Waals surface area (Å²) >= 11 is 0. The van der Waals surface area contributed by atoms with Crippen molar-refractivity contribution in [1.29, 1.82) is 0 Å². The van der Waals surface area contributed by atoms with Crippen LogP contribution in [-0.2, 0) is 4.74 Å². The Kier molecular flexibility index (Phi) is 1.52. The summed E-state index contributed by atoms with van der Waals surface area (Å²) in [5, 5.41) is 0. The van der Waals surface area contributed by atoms with E-state index in [0.717, 1.165) is 13.2 Å². The average molecular weight is 155 g/mol. The molecule has 0 aromatic rings. The minimum atomic E-state index is 0.208. The molecule has 0 aromatic carbocycles. The molecular formula is C9H17NO. The van der Waals surface area contributed by atoms with E-state index < -0.39 is 0 Å². The number of rotatable bonds is 1. The highest BCUT2D eigenvalue weighted by Gasteiger charge is 2.51. The molecule has 2 aliphatic heterocycles. The van der Waals surface area contributed by atoms with Gasteiger partial charge in [0.1, 0.15) is 0 Å². The summed E-state index contributed by atoms with van der Waals surface area (Å²) in [5.41, 5.74) is 0.208. The van der Waals surface area contributed by atoms with Crippen molar-refractivity contribution < 1.29 is 4.74 Å². The van der Waals surface area contributed by atoms with E-state index in [1.165, 1.54) is 6.42 Å². The Hall–Kier alpha value is -0.0800. The summed E-state index contributed by atoms with van der Waals surface area (Å²) in [7, 11) is 2.21. The molecule has 0 saturated carbocycles. The van der Waals surface area contributed by atoms with Gasteiger partial charge in [0.15, 0.2) is 0 Å². The van der Waals surface area contributed by atoms with E-state index in [1.807, 2.05) is 0 Å². The zero-order valence-corrected chi connectivity index (χ0v) is 7.63. The van der Waals surface area contributed by atoms with Crippen molar-refractivity contribution in [3.05, 3.63) is 0 Å². The lowest BCUT2D eigenvalue weighted by Gasteiger charge is -2.33. The van der Waals surface area contributed by atoms with E-state index >= 15 is 0 Å².